The lowest BCUT2D eigenvalue weighted by Gasteiger charge is -2.34. The number of nitrogens with one attached hydrogen (secondary N) is 2. The number of hydrogen-bond acceptors (Lipinski definition) is 7. The van der Waals surface area contributed by atoms with E-state index in [4.69, 9.17) is 14.5 Å². The van der Waals surface area contributed by atoms with E-state index in [1.165, 1.54) is 0 Å². The molecule has 2 N–H and O–H groups in total. The summed E-state index contributed by atoms with van der Waals surface area (Å²) in [6, 6.07) is 8.55. The molecule has 0 bridgehead atoms. The fourth-order valence-corrected chi connectivity index (χ4v) is 5.35. The molecule has 186 valence electrons. The van der Waals surface area contributed by atoms with Gasteiger partial charge in [-0.1, -0.05) is 18.2 Å². The highest BCUT2D eigenvalue weighted by Crippen LogP contribution is 2.29. The summed E-state index contributed by atoms with van der Waals surface area (Å²) in [4.78, 5) is 21.1. The third-order valence-corrected chi connectivity index (χ3v) is 7.51. The summed E-state index contributed by atoms with van der Waals surface area (Å²) in [6.07, 6.45) is 5.80. The van der Waals surface area contributed by atoms with Crippen molar-refractivity contribution in [2.24, 2.45) is 0 Å². The van der Waals surface area contributed by atoms with Crippen LogP contribution in [0, 0.1) is 5.41 Å². The van der Waals surface area contributed by atoms with Crippen LogP contribution in [0.4, 0.5) is 5.82 Å². The Morgan fingerprint density at radius 3 is 2.80 bits per heavy atom. The predicted molar refractivity (Wildman–Crippen MR) is 137 cm³/mol. The first kappa shape index (κ1) is 23.8. The third-order valence-electron chi connectivity index (χ3n) is 7.51. The van der Waals surface area contributed by atoms with Gasteiger partial charge in [-0.2, -0.15) is 0 Å². The molecule has 3 aliphatic rings. The Morgan fingerprint density at radius 2 is 2.06 bits per heavy atom. The lowest BCUT2D eigenvalue weighted by molar-refractivity contribution is -0.128. The summed E-state index contributed by atoms with van der Waals surface area (Å²) < 4.78 is 11.0. The van der Waals surface area contributed by atoms with Crippen molar-refractivity contribution in [2.45, 2.75) is 44.8 Å². The predicted octanol–water partition coefficient (Wildman–Crippen LogP) is 3.10. The molecule has 3 aliphatic heterocycles. The minimum Gasteiger partial charge on any atom is -0.385 e. The van der Waals surface area contributed by atoms with Crippen molar-refractivity contribution >= 4 is 28.2 Å². The molecule has 4 heterocycles. The first-order valence-corrected chi connectivity index (χ1v) is 12.6. The smallest absolute Gasteiger partial charge is 0.219 e. The second-order valence-electron chi connectivity index (χ2n) is 9.72. The highest BCUT2D eigenvalue weighted by molar-refractivity contribution is 6.18. The highest BCUT2D eigenvalue weighted by Gasteiger charge is 2.27. The summed E-state index contributed by atoms with van der Waals surface area (Å²) in [6.45, 7) is 6.03. The Balaban J connectivity index is 1.46. The van der Waals surface area contributed by atoms with Crippen molar-refractivity contribution in [1.29, 1.82) is 5.41 Å². The van der Waals surface area contributed by atoms with Gasteiger partial charge in [0.2, 0.25) is 5.91 Å². The molecule has 1 aromatic carbocycles. The fraction of sp³-hybridized carbons (Fsp3) is 0.519. The Bertz CT molecular complexity index is 1140. The molecular weight excluding hydrogens is 442 g/mol. The van der Waals surface area contributed by atoms with Crippen molar-refractivity contribution < 1.29 is 14.3 Å². The molecule has 5 rings (SSSR count). The Hall–Kier alpha value is -2.97. The Morgan fingerprint density at radius 1 is 1.23 bits per heavy atom. The number of carbonyl (C=O) groups excluding carboxylic acids is 1. The number of benzene rings is 1. The zero-order valence-corrected chi connectivity index (χ0v) is 20.7. The maximum Gasteiger partial charge on any atom is 0.219 e. The van der Waals surface area contributed by atoms with Gasteiger partial charge in [-0.25, -0.2) is 4.98 Å². The largest absolute Gasteiger partial charge is 0.385 e. The van der Waals surface area contributed by atoms with Crippen molar-refractivity contribution in [3.8, 4) is 0 Å². The van der Waals surface area contributed by atoms with Gasteiger partial charge in [0.05, 0.1) is 11.8 Å². The van der Waals surface area contributed by atoms with Gasteiger partial charge in [-0.15, -0.1) is 0 Å². The summed E-state index contributed by atoms with van der Waals surface area (Å²) in [5.41, 5.74) is 3.30. The van der Waals surface area contributed by atoms with E-state index in [-0.39, 0.29) is 12.0 Å². The van der Waals surface area contributed by atoms with Gasteiger partial charge in [0.25, 0.3) is 0 Å². The molecule has 1 amide bonds. The summed E-state index contributed by atoms with van der Waals surface area (Å²) in [5, 5.41) is 15.0. The second kappa shape index (κ2) is 10.3. The molecule has 1 aromatic heterocycles. The summed E-state index contributed by atoms with van der Waals surface area (Å²) in [7, 11) is 1.76. The quantitative estimate of drug-likeness (QED) is 0.622. The maximum atomic E-state index is 12.2. The monoisotopic (exact) mass is 477 g/mol. The highest BCUT2D eigenvalue weighted by atomic mass is 16.5. The van der Waals surface area contributed by atoms with Crippen LogP contribution in [0.3, 0.4) is 0 Å². The molecular formula is C27H35N5O3. The number of carbonyl (C=O) groups is 1. The molecule has 35 heavy (non-hydrogen) atoms. The molecule has 0 spiro atoms. The van der Waals surface area contributed by atoms with Crippen LogP contribution in [-0.4, -0.2) is 80.2 Å². The molecule has 8 nitrogen and oxygen atoms in total. The van der Waals surface area contributed by atoms with Gasteiger partial charge >= 0.3 is 0 Å². The van der Waals surface area contributed by atoms with Gasteiger partial charge in [0.15, 0.2) is 0 Å². The number of amides is 1. The van der Waals surface area contributed by atoms with Crippen LogP contribution < -0.4 is 10.2 Å². The van der Waals surface area contributed by atoms with Gasteiger partial charge in [-0.05, 0) is 30.7 Å². The van der Waals surface area contributed by atoms with Crippen LogP contribution >= 0.6 is 0 Å². The van der Waals surface area contributed by atoms with Gasteiger partial charge in [-0.3, -0.25) is 10.2 Å². The number of ether oxygens (including phenoxy) is 2. The standard InChI is InChI=1S/C27H35N5O3/c1-18(33)31-11-7-25(30-20-8-12-35-13-9-20)24(17-31)27(28)22-5-3-4-19-14-26(29-15-23(19)22)32-10-6-21(16-32)34-2/h3-5,14-15,20-21,28,30H,6-13,16-17H2,1-2H3. The number of hydrogen-bond donors (Lipinski definition) is 2. The number of fused-ring (bicyclic) bond motifs is 1. The van der Waals surface area contributed by atoms with Crippen LogP contribution in [0.2, 0.25) is 0 Å². The third kappa shape index (κ3) is 5.04. The van der Waals surface area contributed by atoms with Crippen LogP contribution in [-0.2, 0) is 14.3 Å². The van der Waals surface area contributed by atoms with Crippen LogP contribution in [0.15, 0.2) is 41.7 Å². The molecule has 2 fully saturated rings. The number of pyridine rings is 1. The van der Waals surface area contributed by atoms with E-state index in [2.05, 4.69) is 22.3 Å². The average molecular weight is 478 g/mol. The van der Waals surface area contributed by atoms with Crippen molar-refractivity contribution in [3.63, 3.8) is 0 Å². The van der Waals surface area contributed by atoms with Crippen LogP contribution in [0.25, 0.3) is 10.8 Å². The molecule has 1 unspecified atom stereocenters. The van der Waals surface area contributed by atoms with Crippen LogP contribution in [0.5, 0.6) is 0 Å². The van der Waals surface area contributed by atoms with E-state index < -0.39 is 0 Å². The van der Waals surface area contributed by atoms with Crippen molar-refractivity contribution in [1.82, 2.24) is 15.2 Å². The Labute approximate surface area is 206 Å². The lowest BCUT2D eigenvalue weighted by atomic mass is 9.92. The SMILES string of the molecule is COC1CCN(c2cc3cccc(C(=N)C4=C(NC5CCOCC5)CCN(C(C)=O)C4)c3cn2)C1. The van der Waals surface area contributed by atoms with E-state index >= 15 is 0 Å². The molecule has 0 radical (unpaired) electrons. The number of rotatable bonds is 6. The Kier molecular flexibility index (Phi) is 7.02. The van der Waals surface area contributed by atoms with E-state index in [0.29, 0.717) is 24.8 Å². The number of nitrogens with zero attached hydrogens (tertiary/aromatic N) is 3. The first-order chi connectivity index (χ1) is 17.0. The van der Waals surface area contributed by atoms with Gasteiger partial charge < -0.3 is 24.6 Å². The molecule has 2 saturated heterocycles. The van der Waals surface area contributed by atoms with Gasteiger partial charge in [0, 0.05) is 94.3 Å². The molecule has 8 heteroatoms. The van der Waals surface area contributed by atoms with Crippen molar-refractivity contribution in [2.75, 3.05) is 51.4 Å². The minimum absolute atomic E-state index is 0.0459. The number of aromatic nitrogens is 1. The topological polar surface area (TPSA) is 90.8 Å². The summed E-state index contributed by atoms with van der Waals surface area (Å²) >= 11 is 0. The number of methoxy groups -OCH3 is 1. The van der Waals surface area contributed by atoms with Gasteiger partial charge in [0.1, 0.15) is 5.82 Å². The van der Waals surface area contributed by atoms with E-state index in [9.17, 15) is 10.2 Å². The lowest BCUT2D eigenvalue weighted by Crippen LogP contribution is -2.43. The molecule has 2 aromatic rings. The van der Waals surface area contributed by atoms with E-state index in [0.717, 1.165) is 85.4 Å². The van der Waals surface area contributed by atoms with Crippen molar-refractivity contribution in [3.05, 3.63) is 47.3 Å². The molecule has 0 saturated carbocycles. The first-order valence-electron chi connectivity index (χ1n) is 12.6. The van der Waals surface area contributed by atoms with E-state index in [1.54, 1.807) is 14.0 Å². The normalized spacial score (nSPS) is 21.6. The molecule has 1 atom stereocenters. The zero-order chi connectivity index (χ0) is 24.4. The minimum atomic E-state index is 0.0459. The average Bonchev–Trinajstić information content (AvgIpc) is 3.38. The summed E-state index contributed by atoms with van der Waals surface area (Å²) in [5.74, 6) is 0.992. The zero-order valence-electron chi connectivity index (χ0n) is 20.7. The second-order valence-corrected chi connectivity index (χ2v) is 9.72. The molecule has 0 aliphatic carbocycles. The van der Waals surface area contributed by atoms with Crippen LogP contribution in [0.1, 0.15) is 38.2 Å². The fourth-order valence-electron chi connectivity index (χ4n) is 5.35. The maximum absolute atomic E-state index is 12.2. The van der Waals surface area contributed by atoms with E-state index in [1.807, 2.05) is 23.2 Å². The number of anilines is 1.